The van der Waals surface area contributed by atoms with E-state index in [0.717, 1.165) is 25.7 Å². The Morgan fingerprint density at radius 1 is 1.45 bits per heavy atom. The Morgan fingerprint density at radius 2 is 2.35 bits per heavy atom. The summed E-state index contributed by atoms with van der Waals surface area (Å²) in [6, 6.07) is 1.35. The summed E-state index contributed by atoms with van der Waals surface area (Å²) in [6.45, 7) is 10.3. The Bertz CT molecular complexity index is 433. The summed E-state index contributed by atoms with van der Waals surface area (Å²) < 4.78 is 0. The van der Waals surface area contributed by atoms with E-state index in [4.69, 9.17) is 0 Å². The van der Waals surface area contributed by atoms with E-state index in [9.17, 15) is 0 Å². The Morgan fingerprint density at radius 3 is 3.20 bits per heavy atom. The fraction of sp³-hybridized carbons (Fsp3) is 0.800. The number of piperazine rings is 1. The second-order valence-electron chi connectivity index (χ2n) is 6.08. The van der Waals surface area contributed by atoms with Crippen LogP contribution in [0.25, 0.3) is 0 Å². The van der Waals surface area contributed by atoms with Gasteiger partial charge in [-0.1, -0.05) is 6.92 Å². The van der Waals surface area contributed by atoms with Gasteiger partial charge in [-0.15, -0.1) is 11.3 Å². The molecular weight excluding hydrogens is 268 g/mol. The highest BCUT2D eigenvalue weighted by Gasteiger charge is 2.35. The van der Waals surface area contributed by atoms with Gasteiger partial charge in [-0.05, 0) is 39.3 Å². The summed E-state index contributed by atoms with van der Waals surface area (Å²) in [5.74, 6) is 0. The van der Waals surface area contributed by atoms with Gasteiger partial charge < -0.3 is 10.2 Å². The number of aromatic nitrogens is 1. The number of nitrogens with zero attached hydrogens (tertiary/aromatic N) is 3. The fourth-order valence-corrected chi connectivity index (χ4v) is 4.35. The molecular formula is C15H26N4S. The summed E-state index contributed by atoms with van der Waals surface area (Å²) in [7, 11) is 0. The third-order valence-corrected chi connectivity index (χ3v) is 5.48. The van der Waals surface area contributed by atoms with Crippen LogP contribution in [0.15, 0.2) is 6.20 Å². The minimum absolute atomic E-state index is 0.590. The van der Waals surface area contributed by atoms with Gasteiger partial charge in [0, 0.05) is 42.8 Å². The molecule has 0 radical (unpaired) electrons. The van der Waals surface area contributed by atoms with Crippen molar-refractivity contribution in [3.63, 3.8) is 0 Å². The Kier molecular flexibility index (Phi) is 4.58. The molecule has 1 aromatic heterocycles. The molecule has 20 heavy (non-hydrogen) atoms. The summed E-state index contributed by atoms with van der Waals surface area (Å²) in [5.41, 5.74) is 0. The van der Waals surface area contributed by atoms with Crippen LogP contribution in [-0.4, -0.2) is 48.1 Å². The highest BCUT2D eigenvalue weighted by Crippen LogP contribution is 2.31. The lowest BCUT2D eigenvalue weighted by Gasteiger charge is -2.42. The topological polar surface area (TPSA) is 31.4 Å². The number of thiazole rings is 1. The monoisotopic (exact) mass is 294 g/mol. The molecule has 112 valence electrons. The molecule has 2 aliphatic heterocycles. The predicted octanol–water partition coefficient (Wildman–Crippen LogP) is 2.32. The zero-order chi connectivity index (χ0) is 13.9. The Hall–Kier alpha value is -0.650. The molecule has 3 rings (SSSR count). The van der Waals surface area contributed by atoms with Crippen molar-refractivity contribution in [2.75, 3.05) is 31.1 Å². The van der Waals surface area contributed by atoms with E-state index >= 15 is 0 Å². The average Bonchev–Trinajstić information content (AvgIpc) is 3.06. The maximum atomic E-state index is 4.67. The number of hydrogen-bond acceptors (Lipinski definition) is 5. The number of hydrogen-bond donors (Lipinski definition) is 1. The summed E-state index contributed by atoms with van der Waals surface area (Å²) in [6.07, 6.45) is 5.97. The normalized spacial score (nSPS) is 27.0. The van der Waals surface area contributed by atoms with Gasteiger partial charge in [0.2, 0.25) is 0 Å². The molecule has 3 heterocycles. The largest absolute Gasteiger partial charge is 0.343 e. The molecule has 2 unspecified atom stereocenters. The van der Waals surface area contributed by atoms with Crippen molar-refractivity contribution in [3.05, 3.63) is 11.1 Å². The van der Waals surface area contributed by atoms with Crippen molar-refractivity contribution in [1.82, 2.24) is 15.2 Å². The zero-order valence-electron chi connectivity index (χ0n) is 12.6. The smallest absolute Gasteiger partial charge is 0.185 e. The second-order valence-corrected chi connectivity index (χ2v) is 7.17. The number of nitrogens with one attached hydrogen (secondary N) is 1. The quantitative estimate of drug-likeness (QED) is 0.845. The van der Waals surface area contributed by atoms with E-state index in [1.807, 2.05) is 11.3 Å². The predicted molar refractivity (Wildman–Crippen MR) is 85.5 cm³/mol. The van der Waals surface area contributed by atoms with Crippen molar-refractivity contribution in [2.45, 2.75) is 51.7 Å². The zero-order valence-corrected chi connectivity index (χ0v) is 13.5. The van der Waals surface area contributed by atoms with Crippen LogP contribution < -0.4 is 10.2 Å². The Balaban J connectivity index is 1.63. The molecule has 0 spiro atoms. The third-order valence-electron chi connectivity index (χ3n) is 4.45. The third kappa shape index (κ3) is 3.00. The highest BCUT2D eigenvalue weighted by molar-refractivity contribution is 7.15. The molecule has 0 bridgehead atoms. The maximum Gasteiger partial charge on any atom is 0.185 e. The minimum atomic E-state index is 0.590. The van der Waals surface area contributed by atoms with Crippen molar-refractivity contribution in [2.24, 2.45) is 0 Å². The molecule has 0 aromatic carbocycles. The van der Waals surface area contributed by atoms with E-state index in [2.05, 4.69) is 40.1 Å². The van der Waals surface area contributed by atoms with Crippen LogP contribution in [0.3, 0.4) is 0 Å². The molecule has 2 fully saturated rings. The first-order valence-electron chi connectivity index (χ1n) is 7.94. The number of rotatable bonds is 5. The summed E-state index contributed by atoms with van der Waals surface area (Å²) >= 11 is 1.86. The minimum Gasteiger partial charge on any atom is -0.343 e. The first-order valence-corrected chi connectivity index (χ1v) is 8.75. The SMILES string of the molecule is CCCNCc1cnc(N2CC3CCCN3CC2C)s1. The second kappa shape index (κ2) is 6.41. The standard InChI is InChI=1S/C15H26N4S/c1-3-6-16-8-14-9-17-15(20-14)19-11-13-5-4-7-18(13)10-12(19)2/h9,12-13,16H,3-8,10-11H2,1-2H3. The van der Waals surface area contributed by atoms with Crippen molar-refractivity contribution >= 4 is 16.5 Å². The summed E-state index contributed by atoms with van der Waals surface area (Å²) in [5, 5.41) is 4.68. The molecule has 0 saturated carbocycles. The van der Waals surface area contributed by atoms with Gasteiger partial charge in [0.15, 0.2) is 5.13 Å². The van der Waals surface area contributed by atoms with E-state index in [-0.39, 0.29) is 0 Å². The summed E-state index contributed by atoms with van der Waals surface area (Å²) in [4.78, 5) is 11.2. The Labute approximate surface area is 126 Å². The number of fused-ring (bicyclic) bond motifs is 1. The first kappa shape index (κ1) is 14.3. The van der Waals surface area contributed by atoms with Gasteiger partial charge in [-0.3, -0.25) is 4.90 Å². The van der Waals surface area contributed by atoms with Crippen LogP contribution in [0.5, 0.6) is 0 Å². The van der Waals surface area contributed by atoms with Gasteiger partial charge in [-0.25, -0.2) is 4.98 Å². The lowest BCUT2D eigenvalue weighted by Crippen LogP contribution is -2.55. The van der Waals surface area contributed by atoms with E-state index in [1.165, 1.54) is 42.4 Å². The lowest BCUT2D eigenvalue weighted by molar-refractivity contribution is 0.203. The van der Waals surface area contributed by atoms with E-state index in [1.54, 1.807) is 0 Å². The van der Waals surface area contributed by atoms with Gasteiger partial charge in [0.1, 0.15) is 0 Å². The van der Waals surface area contributed by atoms with Crippen LogP contribution in [0.4, 0.5) is 5.13 Å². The van der Waals surface area contributed by atoms with Crippen LogP contribution in [0.2, 0.25) is 0 Å². The van der Waals surface area contributed by atoms with Crippen molar-refractivity contribution in [1.29, 1.82) is 0 Å². The molecule has 0 amide bonds. The van der Waals surface area contributed by atoms with Crippen LogP contribution in [0.1, 0.15) is 38.0 Å². The van der Waals surface area contributed by atoms with Gasteiger partial charge >= 0.3 is 0 Å². The molecule has 2 atom stereocenters. The lowest BCUT2D eigenvalue weighted by atomic mass is 10.1. The molecule has 1 N–H and O–H groups in total. The average molecular weight is 294 g/mol. The first-order chi connectivity index (χ1) is 9.78. The number of anilines is 1. The fourth-order valence-electron chi connectivity index (χ4n) is 3.35. The maximum absolute atomic E-state index is 4.67. The van der Waals surface area contributed by atoms with E-state index in [0.29, 0.717) is 6.04 Å². The van der Waals surface area contributed by atoms with Gasteiger partial charge in [0.05, 0.1) is 0 Å². The van der Waals surface area contributed by atoms with Crippen molar-refractivity contribution < 1.29 is 0 Å². The van der Waals surface area contributed by atoms with Crippen LogP contribution in [-0.2, 0) is 6.54 Å². The van der Waals surface area contributed by atoms with Gasteiger partial charge in [-0.2, -0.15) is 0 Å². The molecule has 2 aliphatic rings. The van der Waals surface area contributed by atoms with E-state index < -0.39 is 0 Å². The van der Waals surface area contributed by atoms with Crippen molar-refractivity contribution in [3.8, 4) is 0 Å². The molecule has 2 saturated heterocycles. The highest BCUT2D eigenvalue weighted by atomic mass is 32.1. The van der Waals surface area contributed by atoms with Crippen LogP contribution >= 0.6 is 11.3 Å². The molecule has 4 nitrogen and oxygen atoms in total. The van der Waals surface area contributed by atoms with Gasteiger partial charge in [0.25, 0.3) is 0 Å². The molecule has 5 heteroatoms. The molecule has 0 aliphatic carbocycles. The van der Waals surface area contributed by atoms with Crippen LogP contribution in [0, 0.1) is 0 Å². The molecule has 1 aromatic rings.